The van der Waals surface area contributed by atoms with Crippen molar-refractivity contribution in [3.8, 4) is 0 Å². The van der Waals surface area contributed by atoms with Gasteiger partial charge in [0, 0.05) is 24.5 Å². The summed E-state index contributed by atoms with van der Waals surface area (Å²) < 4.78 is 5.43. The zero-order valence-corrected chi connectivity index (χ0v) is 12.8. The fourth-order valence-corrected chi connectivity index (χ4v) is 3.14. The van der Waals surface area contributed by atoms with Gasteiger partial charge < -0.3 is 9.57 Å². The second-order valence-electron chi connectivity index (χ2n) is 6.25. The van der Waals surface area contributed by atoms with Crippen LogP contribution in [0.25, 0.3) is 0 Å². The predicted molar refractivity (Wildman–Crippen MR) is 80.3 cm³/mol. The quantitative estimate of drug-likeness (QED) is 0.590. The highest BCUT2D eigenvalue weighted by Crippen LogP contribution is 2.39. The van der Waals surface area contributed by atoms with Gasteiger partial charge in [-0.1, -0.05) is 18.7 Å². The summed E-state index contributed by atoms with van der Waals surface area (Å²) in [5.41, 5.74) is 0.791. The van der Waals surface area contributed by atoms with Crippen molar-refractivity contribution in [2.45, 2.75) is 63.7 Å². The minimum atomic E-state index is -0.303. The fourth-order valence-electron chi connectivity index (χ4n) is 3.14. The molecule has 3 unspecified atom stereocenters. The van der Waals surface area contributed by atoms with E-state index in [1.807, 2.05) is 0 Å². The SMILES string of the molecule is C=C1CCC2OC2N1OC(=O)CCC1CC/C=C/CCC1=O. The molecular formula is C17H23NO4. The zero-order chi connectivity index (χ0) is 15.5. The van der Waals surface area contributed by atoms with Gasteiger partial charge in [-0.25, -0.2) is 4.79 Å². The first-order valence-electron chi connectivity index (χ1n) is 8.16. The summed E-state index contributed by atoms with van der Waals surface area (Å²) in [6.07, 6.45) is 9.93. The third-order valence-electron chi connectivity index (χ3n) is 4.57. The molecule has 1 aliphatic carbocycles. The Labute approximate surface area is 130 Å². The van der Waals surface area contributed by atoms with Gasteiger partial charge in [0.2, 0.25) is 0 Å². The van der Waals surface area contributed by atoms with Crippen LogP contribution >= 0.6 is 0 Å². The molecule has 3 rings (SSSR count). The number of hydroxylamine groups is 2. The van der Waals surface area contributed by atoms with E-state index in [1.165, 1.54) is 5.06 Å². The number of piperidine rings is 1. The Balaban J connectivity index is 1.46. The van der Waals surface area contributed by atoms with E-state index >= 15 is 0 Å². The van der Waals surface area contributed by atoms with Gasteiger partial charge in [0.25, 0.3) is 0 Å². The lowest BCUT2D eigenvalue weighted by Gasteiger charge is -2.26. The molecule has 3 atom stereocenters. The van der Waals surface area contributed by atoms with Crippen molar-refractivity contribution in [1.82, 2.24) is 5.06 Å². The van der Waals surface area contributed by atoms with Crippen molar-refractivity contribution in [3.05, 3.63) is 24.4 Å². The van der Waals surface area contributed by atoms with Crippen LogP contribution < -0.4 is 0 Å². The highest BCUT2D eigenvalue weighted by atomic mass is 16.8. The van der Waals surface area contributed by atoms with E-state index in [0.717, 1.165) is 37.8 Å². The predicted octanol–water partition coefficient (Wildman–Crippen LogP) is 2.87. The average molecular weight is 305 g/mol. The van der Waals surface area contributed by atoms with E-state index < -0.39 is 0 Å². The second kappa shape index (κ2) is 6.65. The molecule has 0 amide bonds. The van der Waals surface area contributed by atoms with Crippen LogP contribution in [-0.2, 0) is 19.2 Å². The Kier molecular flexibility index (Phi) is 4.62. The largest absolute Gasteiger partial charge is 0.344 e. The first-order chi connectivity index (χ1) is 10.6. The van der Waals surface area contributed by atoms with Gasteiger partial charge in [0.15, 0.2) is 6.23 Å². The van der Waals surface area contributed by atoms with Gasteiger partial charge in [-0.05, 0) is 38.5 Å². The first kappa shape index (κ1) is 15.3. The van der Waals surface area contributed by atoms with Crippen molar-refractivity contribution >= 4 is 11.8 Å². The maximum absolute atomic E-state index is 12.0. The van der Waals surface area contributed by atoms with E-state index in [4.69, 9.17) is 9.57 Å². The number of Topliss-reactive ketones (excluding diaryl/α,β-unsaturated/α-hetero) is 1. The van der Waals surface area contributed by atoms with Crippen molar-refractivity contribution < 1.29 is 19.2 Å². The van der Waals surface area contributed by atoms with Crippen LogP contribution in [-0.4, -0.2) is 29.1 Å². The molecule has 0 spiro atoms. The Morgan fingerprint density at radius 3 is 3.00 bits per heavy atom. The molecule has 2 fully saturated rings. The van der Waals surface area contributed by atoms with E-state index in [0.29, 0.717) is 12.8 Å². The monoisotopic (exact) mass is 305 g/mol. The van der Waals surface area contributed by atoms with Crippen molar-refractivity contribution in [2.75, 3.05) is 0 Å². The van der Waals surface area contributed by atoms with Gasteiger partial charge in [0.05, 0.1) is 0 Å². The summed E-state index contributed by atoms with van der Waals surface area (Å²) in [4.78, 5) is 29.5. The normalized spacial score (nSPS) is 32.7. The number of carbonyl (C=O) groups is 2. The molecule has 2 heterocycles. The molecule has 0 aromatic rings. The number of carbonyl (C=O) groups excluding carboxylic acids is 2. The number of epoxide rings is 1. The molecule has 0 bridgehead atoms. The number of rotatable bonds is 4. The lowest BCUT2D eigenvalue weighted by Crippen LogP contribution is -2.33. The van der Waals surface area contributed by atoms with Crippen LogP contribution in [0.3, 0.4) is 0 Å². The van der Waals surface area contributed by atoms with Gasteiger partial charge >= 0.3 is 5.97 Å². The summed E-state index contributed by atoms with van der Waals surface area (Å²) in [6.45, 7) is 3.92. The fraction of sp³-hybridized carbons (Fsp3) is 0.647. The van der Waals surface area contributed by atoms with E-state index in [1.54, 1.807) is 0 Å². The molecule has 22 heavy (non-hydrogen) atoms. The smallest absolute Gasteiger partial charge is 0.332 e. The number of ketones is 1. The Morgan fingerprint density at radius 1 is 1.32 bits per heavy atom. The highest BCUT2D eigenvalue weighted by molar-refractivity contribution is 5.82. The van der Waals surface area contributed by atoms with Crippen molar-refractivity contribution in [2.24, 2.45) is 5.92 Å². The molecule has 0 saturated carbocycles. The third-order valence-corrected chi connectivity index (χ3v) is 4.57. The number of allylic oxidation sites excluding steroid dienone is 3. The second-order valence-corrected chi connectivity index (χ2v) is 6.25. The lowest BCUT2D eigenvalue weighted by atomic mass is 9.89. The Hall–Kier alpha value is -1.62. The standard InChI is InChI=1S/C17H23NO4/c1-12-8-10-15-17(21-15)18(12)22-16(20)11-9-13-6-4-2-3-5-7-14(13)19/h2-3,13,15,17H,1,4-11H2/b3-2+. The van der Waals surface area contributed by atoms with Crippen LogP contribution in [0.15, 0.2) is 24.4 Å². The van der Waals surface area contributed by atoms with E-state index in [2.05, 4.69) is 18.7 Å². The van der Waals surface area contributed by atoms with Crippen LogP contribution in [0.2, 0.25) is 0 Å². The van der Waals surface area contributed by atoms with Gasteiger partial charge in [-0.2, -0.15) is 5.06 Å². The van der Waals surface area contributed by atoms with Crippen LogP contribution in [0.4, 0.5) is 0 Å². The summed E-state index contributed by atoms with van der Waals surface area (Å²) >= 11 is 0. The van der Waals surface area contributed by atoms with Crippen molar-refractivity contribution in [1.29, 1.82) is 0 Å². The third kappa shape index (κ3) is 3.58. The molecule has 120 valence electrons. The summed E-state index contributed by atoms with van der Waals surface area (Å²) in [5.74, 6) is -0.0557. The van der Waals surface area contributed by atoms with Crippen molar-refractivity contribution in [3.63, 3.8) is 0 Å². The Morgan fingerprint density at radius 2 is 2.14 bits per heavy atom. The number of hydrogen-bond acceptors (Lipinski definition) is 5. The molecule has 0 aromatic heterocycles. The molecule has 0 N–H and O–H groups in total. The average Bonchev–Trinajstić information content (AvgIpc) is 3.25. The van der Waals surface area contributed by atoms with Gasteiger partial charge in [-0.3, -0.25) is 4.79 Å². The number of hydrogen-bond donors (Lipinski definition) is 0. The molecule has 0 aromatic carbocycles. The number of ether oxygens (including phenoxy) is 1. The zero-order valence-electron chi connectivity index (χ0n) is 12.8. The van der Waals surface area contributed by atoms with E-state index in [-0.39, 0.29) is 36.4 Å². The minimum absolute atomic E-state index is 0.0213. The summed E-state index contributed by atoms with van der Waals surface area (Å²) in [6, 6.07) is 0. The lowest BCUT2D eigenvalue weighted by molar-refractivity contribution is -0.191. The molecule has 3 aliphatic rings. The van der Waals surface area contributed by atoms with Crippen LogP contribution in [0, 0.1) is 5.92 Å². The van der Waals surface area contributed by atoms with Crippen LogP contribution in [0.5, 0.6) is 0 Å². The summed E-state index contributed by atoms with van der Waals surface area (Å²) in [7, 11) is 0. The molecule has 2 aliphatic heterocycles. The van der Waals surface area contributed by atoms with Gasteiger partial charge in [0.1, 0.15) is 11.9 Å². The minimum Gasteiger partial charge on any atom is -0.344 e. The maximum atomic E-state index is 12.0. The maximum Gasteiger partial charge on any atom is 0.332 e. The number of nitrogens with zero attached hydrogens (tertiary/aromatic N) is 1. The Bertz CT molecular complexity index is 499. The topological polar surface area (TPSA) is 59.1 Å². The van der Waals surface area contributed by atoms with Crippen LogP contribution in [0.1, 0.15) is 51.4 Å². The molecular weight excluding hydrogens is 282 g/mol. The molecule has 5 heteroatoms. The molecule has 5 nitrogen and oxygen atoms in total. The molecule has 2 saturated heterocycles. The first-order valence-corrected chi connectivity index (χ1v) is 8.16. The summed E-state index contributed by atoms with van der Waals surface area (Å²) in [5, 5.41) is 1.51. The van der Waals surface area contributed by atoms with Gasteiger partial charge in [-0.15, -0.1) is 0 Å². The highest BCUT2D eigenvalue weighted by Gasteiger charge is 2.49. The number of fused-ring (bicyclic) bond motifs is 1. The molecule has 0 radical (unpaired) electrons. The van der Waals surface area contributed by atoms with E-state index in [9.17, 15) is 9.59 Å².